The van der Waals surface area contributed by atoms with Gasteiger partial charge in [0, 0.05) is 0 Å². The van der Waals surface area contributed by atoms with E-state index in [1.54, 1.807) is 0 Å². The second kappa shape index (κ2) is 2.93. The molecule has 16 heavy (non-hydrogen) atoms. The van der Waals surface area contributed by atoms with Crippen molar-refractivity contribution in [3.63, 3.8) is 0 Å². The van der Waals surface area contributed by atoms with Crippen LogP contribution in [0.5, 0.6) is 0 Å². The van der Waals surface area contributed by atoms with Crippen LogP contribution in [0.25, 0.3) is 0 Å². The molecule has 2 saturated carbocycles. The molecule has 2 fully saturated rings. The highest BCUT2D eigenvalue weighted by Gasteiger charge is 2.58. The Bertz CT molecular complexity index is 343. The monoisotopic (exact) mass is 220 g/mol. The molecule has 1 heteroatoms. The summed E-state index contributed by atoms with van der Waals surface area (Å²) in [5.41, 5.74) is 0.999. The van der Waals surface area contributed by atoms with Crippen molar-refractivity contribution in [1.29, 1.82) is 0 Å². The molecule has 3 aliphatic carbocycles. The molecule has 1 spiro atoms. The Labute approximate surface area is 98.9 Å². The van der Waals surface area contributed by atoms with Crippen LogP contribution in [0.3, 0.4) is 0 Å². The van der Waals surface area contributed by atoms with E-state index in [-0.39, 0.29) is 11.5 Å². The molecule has 4 atom stereocenters. The third kappa shape index (κ3) is 1.21. The number of hydrogen-bond donors (Lipinski definition) is 1. The highest BCUT2D eigenvalue weighted by Crippen LogP contribution is 2.65. The zero-order chi connectivity index (χ0) is 11.6. The molecule has 90 valence electrons. The maximum atomic E-state index is 10.2. The Morgan fingerprint density at radius 3 is 2.56 bits per heavy atom. The number of aliphatic hydroxyl groups is 1. The Balaban J connectivity index is 1.98. The molecule has 0 aliphatic heterocycles. The maximum Gasteiger partial charge on any atom is 0.0594 e. The Kier molecular flexibility index (Phi) is 1.98. The molecule has 4 unspecified atom stereocenters. The van der Waals surface area contributed by atoms with Gasteiger partial charge in [-0.2, -0.15) is 0 Å². The zero-order valence-corrected chi connectivity index (χ0v) is 10.8. The minimum atomic E-state index is -0.0591. The Morgan fingerprint density at radius 2 is 1.81 bits per heavy atom. The normalized spacial score (nSPS) is 53.8. The average molecular weight is 220 g/mol. The first-order chi connectivity index (χ1) is 7.38. The lowest BCUT2D eigenvalue weighted by molar-refractivity contribution is -0.104. The van der Waals surface area contributed by atoms with Gasteiger partial charge in [-0.1, -0.05) is 32.9 Å². The summed E-state index contributed by atoms with van der Waals surface area (Å²) in [6.07, 6.45) is 10.8. The first-order valence-corrected chi connectivity index (χ1v) is 6.77. The van der Waals surface area contributed by atoms with Gasteiger partial charge < -0.3 is 5.11 Å². The molecule has 3 aliphatic rings. The minimum Gasteiger partial charge on any atom is -0.393 e. The van der Waals surface area contributed by atoms with Gasteiger partial charge in [0.05, 0.1) is 6.10 Å². The van der Waals surface area contributed by atoms with E-state index in [1.165, 1.54) is 25.7 Å². The van der Waals surface area contributed by atoms with Gasteiger partial charge in [0.1, 0.15) is 0 Å². The lowest BCUT2D eigenvalue weighted by Gasteiger charge is -2.56. The van der Waals surface area contributed by atoms with E-state index in [0.717, 1.165) is 12.3 Å². The number of allylic oxidation sites excluding steroid dienone is 2. The molecule has 2 bridgehead atoms. The van der Waals surface area contributed by atoms with Gasteiger partial charge in [-0.15, -0.1) is 0 Å². The van der Waals surface area contributed by atoms with Crippen molar-refractivity contribution in [3.8, 4) is 0 Å². The van der Waals surface area contributed by atoms with Gasteiger partial charge in [0.2, 0.25) is 0 Å². The molecule has 1 nitrogen and oxygen atoms in total. The fourth-order valence-corrected chi connectivity index (χ4v) is 4.89. The Morgan fingerprint density at radius 1 is 1.06 bits per heavy atom. The van der Waals surface area contributed by atoms with Crippen LogP contribution in [0, 0.1) is 22.2 Å². The molecule has 0 aromatic rings. The number of fused-ring (bicyclic) bond motifs is 1. The van der Waals surface area contributed by atoms with Crippen LogP contribution < -0.4 is 0 Å². The van der Waals surface area contributed by atoms with Crippen molar-refractivity contribution < 1.29 is 5.11 Å². The van der Waals surface area contributed by atoms with Crippen molar-refractivity contribution in [2.45, 2.75) is 59.0 Å². The van der Waals surface area contributed by atoms with E-state index >= 15 is 0 Å². The second-order valence-corrected chi connectivity index (χ2v) is 7.36. The maximum absolute atomic E-state index is 10.2. The third-order valence-electron chi connectivity index (χ3n) is 5.86. The summed E-state index contributed by atoms with van der Waals surface area (Å²) in [5, 5.41) is 10.2. The van der Waals surface area contributed by atoms with Crippen molar-refractivity contribution >= 4 is 0 Å². The largest absolute Gasteiger partial charge is 0.393 e. The summed E-state index contributed by atoms with van der Waals surface area (Å²) in [4.78, 5) is 0. The molecular weight excluding hydrogens is 196 g/mol. The van der Waals surface area contributed by atoms with Crippen molar-refractivity contribution in [3.05, 3.63) is 12.2 Å². The number of hydrogen-bond acceptors (Lipinski definition) is 1. The summed E-state index contributed by atoms with van der Waals surface area (Å²) in [6, 6.07) is 0. The topological polar surface area (TPSA) is 20.2 Å². The lowest BCUT2D eigenvalue weighted by atomic mass is 9.49. The third-order valence-corrected chi connectivity index (χ3v) is 5.86. The van der Waals surface area contributed by atoms with Gasteiger partial charge >= 0.3 is 0 Å². The molecular formula is C15H24O. The molecule has 0 amide bonds. The summed E-state index contributed by atoms with van der Waals surface area (Å²) < 4.78 is 0. The van der Waals surface area contributed by atoms with Crippen LogP contribution >= 0.6 is 0 Å². The van der Waals surface area contributed by atoms with E-state index in [2.05, 4.69) is 32.9 Å². The fraction of sp³-hybridized carbons (Fsp3) is 0.867. The van der Waals surface area contributed by atoms with Crippen LogP contribution in [0.1, 0.15) is 52.9 Å². The van der Waals surface area contributed by atoms with E-state index in [1.807, 2.05) is 0 Å². The first kappa shape index (κ1) is 10.8. The molecule has 0 heterocycles. The quantitative estimate of drug-likeness (QED) is 0.619. The van der Waals surface area contributed by atoms with Gasteiger partial charge in [0.15, 0.2) is 0 Å². The summed E-state index contributed by atoms with van der Waals surface area (Å²) in [5.74, 6) is 0.820. The van der Waals surface area contributed by atoms with Crippen LogP contribution in [0.15, 0.2) is 12.2 Å². The molecule has 0 aromatic heterocycles. The standard InChI is InChI=1S/C15H24O/c1-13(2)8-9-15-7-5-12(16)14(3,10-15)6-4-11(13)15/h8-9,11-12,16H,4-7,10H2,1-3H3. The molecule has 3 rings (SSSR count). The molecule has 0 aromatic carbocycles. The van der Waals surface area contributed by atoms with E-state index in [4.69, 9.17) is 0 Å². The Hall–Kier alpha value is -0.300. The fourth-order valence-electron chi connectivity index (χ4n) is 4.89. The van der Waals surface area contributed by atoms with Crippen LogP contribution in [-0.4, -0.2) is 11.2 Å². The highest BCUT2D eigenvalue weighted by molar-refractivity contribution is 5.23. The SMILES string of the molecule is CC1(C)C=CC23CCC(O)C(C)(CCC12)C3. The van der Waals surface area contributed by atoms with Gasteiger partial charge in [0.25, 0.3) is 0 Å². The van der Waals surface area contributed by atoms with Gasteiger partial charge in [-0.25, -0.2) is 0 Å². The van der Waals surface area contributed by atoms with Crippen LogP contribution in [-0.2, 0) is 0 Å². The summed E-state index contributed by atoms with van der Waals surface area (Å²) in [6.45, 7) is 7.07. The van der Waals surface area contributed by atoms with Gasteiger partial charge in [-0.05, 0) is 54.3 Å². The van der Waals surface area contributed by atoms with Crippen LogP contribution in [0.4, 0.5) is 0 Å². The number of aliphatic hydroxyl groups excluding tert-OH is 1. The summed E-state index contributed by atoms with van der Waals surface area (Å²) >= 11 is 0. The second-order valence-electron chi connectivity index (χ2n) is 7.36. The highest BCUT2D eigenvalue weighted by atomic mass is 16.3. The predicted octanol–water partition coefficient (Wildman–Crippen LogP) is 3.53. The summed E-state index contributed by atoms with van der Waals surface area (Å²) in [7, 11) is 0. The molecule has 0 saturated heterocycles. The minimum absolute atomic E-state index is 0.0591. The average Bonchev–Trinajstić information content (AvgIpc) is 2.46. The van der Waals surface area contributed by atoms with E-state index in [0.29, 0.717) is 10.8 Å². The molecule has 1 N–H and O–H groups in total. The predicted molar refractivity (Wildman–Crippen MR) is 66.0 cm³/mol. The lowest BCUT2D eigenvalue weighted by Crippen LogP contribution is -2.51. The van der Waals surface area contributed by atoms with Gasteiger partial charge in [-0.3, -0.25) is 0 Å². The van der Waals surface area contributed by atoms with Crippen molar-refractivity contribution in [2.75, 3.05) is 0 Å². The van der Waals surface area contributed by atoms with Crippen molar-refractivity contribution in [1.82, 2.24) is 0 Å². The number of rotatable bonds is 0. The van der Waals surface area contributed by atoms with E-state index in [9.17, 15) is 5.11 Å². The van der Waals surface area contributed by atoms with E-state index < -0.39 is 0 Å². The van der Waals surface area contributed by atoms with Crippen molar-refractivity contribution in [2.24, 2.45) is 22.2 Å². The smallest absolute Gasteiger partial charge is 0.0594 e. The first-order valence-electron chi connectivity index (χ1n) is 6.77. The molecule has 0 radical (unpaired) electrons. The van der Waals surface area contributed by atoms with Crippen LogP contribution in [0.2, 0.25) is 0 Å². The zero-order valence-electron chi connectivity index (χ0n) is 10.8.